The summed E-state index contributed by atoms with van der Waals surface area (Å²) in [4.78, 5) is 16.6. The highest BCUT2D eigenvalue weighted by molar-refractivity contribution is 5.78. The van der Waals surface area contributed by atoms with Crippen LogP contribution in [-0.4, -0.2) is 87.8 Å². The fourth-order valence-electron chi connectivity index (χ4n) is 2.79. The molecule has 0 spiro atoms. The van der Waals surface area contributed by atoms with Gasteiger partial charge in [-0.1, -0.05) is 0 Å². The van der Waals surface area contributed by atoms with Gasteiger partial charge in [0, 0.05) is 51.5 Å². The van der Waals surface area contributed by atoms with Gasteiger partial charge >= 0.3 is 0 Å². The van der Waals surface area contributed by atoms with E-state index in [0.29, 0.717) is 18.6 Å². The molecule has 6 heteroatoms. The van der Waals surface area contributed by atoms with E-state index in [0.717, 1.165) is 52.2 Å². The van der Waals surface area contributed by atoms with Crippen molar-refractivity contribution < 1.29 is 9.53 Å². The maximum Gasteiger partial charge on any atom is 0.234 e. The van der Waals surface area contributed by atoms with Crippen LogP contribution in [0.25, 0.3) is 0 Å². The normalized spacial score (nSPS) is 26.6. The fraction of sp³-hybridized carbons (Fsp3) is 0.929. The molecule has 0 aliphatic carbocycles. The van der Waals surface area contributed by atoms with E-state index in [-0.39, 0.29) is 5.91 Å². The lowest BCUT2D eigenvalue weighted by atomic mass is 10.1. The molecule has 2 fully saturated rings. The van der Waals surface area contributed by atoms with Crippen LogP contribution in [0.3, 0.4) is 0 Å². The lowest BCUT2D eigenvalue weighted by Gasteiger charge is -2.37. The summed E-state index contributed by atoms with van der Waals surface area (Å²) in [5, 5.41) is 6.35. The Bertz CT molecular complexity index is 308. The molecule has 116 valence electrons. The summed E-state index contributed by atoms with van der Waals surface area (Å²) in [5.74, 6) is 0.101. The van der Waals surface area contributed by atoms with Crippen molar-refractivity contribution in [3.8, 4) is 0 Å². The topological polar surface area (TPSA) is 56.8 Å². The molecule has 20 heavy (non-hydrogen) atoms. The molecule has 6 nitrogen and oxygen atoms in total. The second-order valence-corrected chi connectivity index (χ2v) is 5.98. The van der Waals surface area contributed by atoms with Crippen molar-refractivity contribution in [2.45, 2.75) is 24.9 Å². The molecule has 0 saturated carbocycles. The summed E-state index contributed by atoms with van der Waals surface area (Å²) in [5.41, 5.74) is 0. The standard InChI is InChI=1S/C14H28N4O2/c1-17-5-6-18(2)13(11-17)9-15-10-14(19)16-12-3-7-20-8-4-12/h12-13,15H,3-11H2,1-2H3,(H,16,19). The highest BCUT2D eigenvalue weighted by Crippen LogP contribution is 2.06. The Morgan fingerprint density at radius 3 is 2.75 bits per heavy atom. The molecule has 0 bridgehead atoms. The summed E-state index contributed by atoms with van der Waals surface area (Å²) in [6.45, 7) is 6.07. The average Bonchev–Trinajstić information content (AvgIpc) is 2.44. The van der Waals surface area contributed by atoms with E-state index in [1.54, 1.807) is 0 Å². The molecule has 0 aromatic rings. The third-order valence-electron chi connectivity index (χ3n) is 4.23. The summed E-state index contributed by atoms with van der Waals surface area (Å²) < 4.78 is 5.29. The number of nitrogens with zero attached hydrogens (tertiary/aromatic N) is 2. The number of rotatable bonds is 5. The number of carbonyl (C=O) groups is 1. The van der Waals surface area contributed by atoms with Gasteiger partial charge in [-0.3, -0.25) is 9.69 Å². The predicted molar refractivity (Wildman–Crippen MR) is 78.8 cm³/mol. The van der Waals surface area contributed by atoms with E-state index in [9.17, 15) is 4.79 Å². The second-order valence-electron chi connectivity index (χ2n) is 5.98. The van der Waals surface area contributed by atoms with Gasteiger partial charge in [-0.2, -0.15) is 0 Å². The first-order valence-electron chi connectivity index (χ1n) is 7.62. The van der Waals surface area contributed by atoms with Crippen LogP contribution in [0, 0.1) is 0 Å². The third kappa shape index (κ3) is 5.01. The zero-order valence-corrected chi connectivity index (χ0v) is 12.7. The molecule has 2 N–H and O–H groups in total. The largest absolute Gasteiger partial charge is 0.381 e. The predicted octanol–water partition coefficient (Wildman–Crippen LogP) is -0.883. The molecule has 0 aromatic carbocycles. The van der Waals surface area contributed by atoms with Crippen LogP contribution >= 0.6 is 0 Å². The Morgan fingerprint density at radius 1 is 1.25 bits per heavy atom. The van der Waals surface area contributed by atoms with Crippen molar-refractivity contribution in [3.63, 3.8) is 0 Å². The SMILES string of the molecule is CN1CCN(C)C(CNCC(=O)NC2CCOCC2)C1. The van der Waals surface area contributed by atoms with Gasteiger partial charge < -0.3 is 20.3 Å². The molecular formula is C14H28N4O2. The highest BCUT2D eigenvalue weighted by Gasteiger charge is 2.22. The van der Waals surface area contributed by atoms with Gasteiger partial charge in [0.1, 0.15) is 0 Å². The van der Waals surface area contributed by atoms with Crippen LogP contribution in [0.5, 0.6) is 0 Å². The number of likely N-dealkylation sites (N-methyl/N-ethyl adjacent to an activating group) is 2. The van der Waals surface area contributed by atoms with Crippen molar-refractivity contribution in [2.75, 3.05) is 60.0 Å². The van der Waals surface area contributed by atoms with Gasteiger partial charge in [0.25, 0.3) is 0 Å². The Morgan fingerprint density at radius 2 is 2.00 bits per heavy atom. The van der Waals surface area contributed by atoms with Gasteiger partial charge in [0.2, 0.25) is 5.91 Å². The van der Waals surface area contributed by atoms with Gasteiger partial charge in [-0.05, 0) is 26.9 Å². The summed E-state index contributed by atoms with van der Waals surface area (Å²) >= 11 is 0. The first-order chi connectivity index (χ1) is 9.65. The van der Waals surface area contributed by atoms with Gasteiger partial charge in [-0.25, -0.2) is 0 Å². The minimum atomic E-state index is 0.101. The number of amides is 1. The van der Waals surface area contributed by atoms with Crippen molar-refractivity contribution in [1.82, 2.24) is 20.4 Å². The monoisotopic (exact) mass is 284 g/mol. The van der Waals surface area contributed by atoms with Crippen LogP contribution in [0.2, 0.25) is 0 Å². The maximum atomic E-state index is 11.9. The Hall–Kier alpha value is -0.690. The number of nitrogens with one attached hydrogen (secondary N) is 2. The van der Waals surface area contributed by atoms with Crippen LogP contribution < -0.4 is 10.6 Å². The number of hydrogen-bond donors (Lipinski definition) is 2. The molecule has 0 aromatic heterocycles. The molecule has 2 aliphatic rings. The zero-order chi connectivity index (χ0) is 14.4. The fourth-order valence-corrected chi connectivity index (χ4v) is 2.79. The Balaban J connectivity index is 1.60. The molecule has 1 amide bonds. The van der Waals surface area contributed by atoms with E-state index < -0.39 is 0 Å². The molecule has 2 saturated heterocycles. The molecule has 0 radical (unpaired) electrons. The number of ether oxygens (including phenoxy) is 1. The summed E-state index contributed by atoms with van der Waals surface area (Å²) in [6.07, 6.45) is 1.86. The minimum absolute atomic E-state index is 0.101. The van der Waals surface area contributed by atoms with Crippen molar-refractivity contribution >= 4 is 5.91 Å². The third-order valence-corrected chi connectivity index (χ3v) is 4.23. The van der Waals surface area contributed by atoms with E-state index in [1.807, 2.05) is 0 Å². The lowest BCUT2D eigenvalue weighted by molar-refractivity contribution is -0.121. The van der Waals surface area contributed by atoms with E-state index in [2.05, 4.69) is 34.5 Å². The molecule has 2 aliphatic heterocycles. The minimum Gasteiger partial charge on any atom is -0.381 e. The van der Waals surface area contributed by atoms with E-state index >= 15 is 0 Å². The highest BCUT2D eigenvalue weighted by atomic mass is 16.5. The Kier molecular flexibility index (Phi) is 6.22. The molecule has 1 atom stereocenters. The summed E-state index contributed by atoms with van der Waals surface area (Å²) in [7, 11) is 4.30. The van der Waals surface area contributed by atoms with Crippen molar-refractivity contribution in [1.29, 1.82) is 0 Å². The number of carbonyl (C=O) groups excluding carboxylic acids is 1. The summed E-state index contributed by atoms with van der Waals surface area (Å²) in [6, 6.07) is 0.783. The van der Waals surface area contributed by atoms with Gasteiger partial charge in [0.15, 0.2) is 0 Å². The first-order valence-corrected chi connectivity index (χ1v) is 7.62. The van der Waals surface area contributed by atoms with Crippen molar-refractivity contribution in [2.24, 2.45) is 0 Å². The van der Waals surface area contributed by atoms with E-state index in [1.165, 1.54) is 0 Å². The smallest absolute Gasteiger partial charge is 0.234 e. The Labute approximate surface area is 121 Å². The molecule has 2 rings (SSSR count). The van der Waals surface area contributed by atoms with E-state index in [4.69, 9.17) is 4.74 Å². The second kappa shape index (κ2) is 7.93. The van der Waals surface area contributed by atoms with Gasteiger partial charge in [-0.15, -0.1) is 0 Å². The average molecular weight is 284 g/mol. The van der Waals surface area contributed by atoms with Crippen LogP contribution in [-0.2, 0) is 9.53 Å². The van der Waals surface area contributed by atoms with Gasteiger partial charge in [0.05, 0.1) is 6.54 Å². The van der Waals surface area contributed by atoms with Crippen molar-refractivity contribution in [3.05, 3.63) is 0 Å². The number of piperazine rings is 1. The number of hydrogen-bond acceptors (Lipinski definition) is 5. The molecule has 1 unspecified atom stereocenters. The maximum absolute atomic E-state index is 11.9. The lowest BCUT2D eigenvalue weighted by Crippen LogP contribution is -2.54. The molecule has 2 heterocycles. The first kappa shape index (κ1) is 15.7. The van der Waals surface area contributed by atoms with Crippen LogP contribution in [0.15, 0.2) is 0 Å². The quantitative estimate of drug-likeness (QED) is 0.686. The van der Waals surface area contributed by atoms with Crippen LogP contribution in [0.1, 0.15) is 12.8 Å². The zero-order valence-electron chi connectivity index (χ0n) is 12.7. The van der Waals surface area contributed by atoms with Crippen LogP contribution in [0.4, 0.5) is 0 Å². The molecular weight excluding hydrogens is 256 g/mol.